The number of rotatable bonds is 6. The zero-order valence-corrected chi connectivity index (χ0v) is 15.4. The minimum absolute atomic E-state index is 0.0182. The van der Waals surface area contributed by atoms with Crippen LogP contribution in [0, 0.1) is 0 Å². The molecular formula is C21H23N3O3. The topological polar surface area (TPSA) is 67.6 Å². The van der Waals surface area contributed by atoms with E-state index in [0.717, 1.165) is 48.2 Å². The SMILES string of the molecule is COc1ccccc1CCNC(=O)C1CCCN1c1nc2ccccc2o1. The second-order valence-corrected chi connectivity index (χ2v) is 6.67. The molecule has 140 valence electrons. The van der Waals surface area contributed by atoms with Crippen LogP contribution in [0.3, 0.4) is 0 Å². The van der Waals surface area contributed by atoms with Crippen LogP contribution in [0.4, 0.5) is 6.01 Å². The van der Waals surface area contributed by atoms with Gasteiger partial charge in [-0.2, -0.15) is 4.98 Å². The summed E-state index contributed by atoms with van der Waals surface area (Å²) in [4.78, 5) is 19.2. The molecule has 6 nitrogen and oxygen atoms in total. The summed E-state index contributed by atoms with van der Waals surface area (Å²) < 4.78 is 11.2. The van der Waals surface area contributed by atoms with E-state index in [2.05, 4.69) is 10.3 Å². The molecule has 0 aliphatic carbocycles. The van der Waals surface area contributed by atoms with Crippen molar-refractivity contribution in [2.24, 2.45) is 0 Å². The Bertz CT molecular complexity index is 904. The first-order valence-corrected chi connectivity index (χ1v) is 9.28. The van der Waals surface area contributed by atoms with Gasteiger partial charge in [0, 0.05) is 13.1 Å². The summed E-state index contributed by atoms with van der Waals surface area (Å²) in [5, 5.41) is 3.05. The fourth-order valence-corrected chi connectivity index (χ4v) is 3.60. The molecule has 1 aliphatic rings. The van der Waals surface area contributed by atoms with Crippen LogP contribution in [-0.4, -0.2) is 37.1 Å². The fourth-order valence-electron chi connectivity index (χ4n) is 3.60. The Kier molecular flexibility index (Phi) is 4.96. The van der Waals surface area contributed by atoms with Gasteiger partial charge in [-0.05, 0) is 43.0 Å². The lowest BCUT2D eigenvalue weighted by atomic mass is 10.1. The summed E-state index contributed by atoms with van der Waals surface area (Å²) in [5.74, 6) is 0.866. The predicted molar refractivity (Wildman–Crippen MR) is 104 cm³/mol. The molecule has 2 heterocycles. The van der Waals surface area contributed by atoms with Crippen LogP contribution in [0.15, 0.2) is 52.9 Å². The van der Waals surface area contributed by atoms with Gasteiger partial charge in [-0.25, -0.2) is 0 Å². The molecule has 0 saturated carbocycles. The fraction of sp³-hybridized carbons (Fsp3) is 0.333. The minimum atomic E-state index is -0.240. The third-order valence-corrected chi connectivity index (χ3v) is 4.97. The van der Waals surface area contributed by atoms with E-state index in [9.17, 15) is 4.79 Å². The number of carbonyl (C=O) groups excluding carboxylic acids is 1. The third kappa shape index (κ3) is 3.60. The smallest absolute Gasteiger partial charge is 0.299 e. The van der Waals surface area contributed by atoms with Gasteiger partial charge in [0.25, 0.3) is 6.01 Å². The summed E-state index contributed by atoms with van der Waals surface area (Å²) >= 11 is 0. The number of nitrogens with zero attached hydrogens (tertiary/aromatic N) is 2. The van der Waals surface area contributed by atoms with E-state index in [1.165, 1.54) is 0 Å². The molecule has 6 heteroatoms. The highest BCUT2D eigenvalue weighted by atomic mass is 16.5. The van der Waals surface area contributed by atoms with E-state index >= 15 is 0 Å². The van der Waals surface area contributed by atoms with Crippen molar-refractivity contribution < 1.29 is 13.9 Å². The van der Waals surface area contributed by atoms with E-state index in [4.69, 9.17) is 9.15 Å². The van der Waals surface area contributed by atoms with Crippen molar-refractivity contribution >= 4 is 23.0 Å². The highest BCUT2D eigenvalue weighted by Gasteiger charge is 2.33. The minimum Gasteiger partial charge on any atom is -0.496 e. The van der Waals surface area contributed by atoms with Gasteiger partial charge < -0.3 is 19.4 Å². The van der Waals surface area contributed by atoms with Crippen molar-refractivity contribution in [3.05, 3.63) is 54.1 Å². The highest BCUT2D eigenvalue weighted by Crippen LogP contribution is 2.28. The first kappa shape index (κ1) is 17.4. The van der Waals surface area contributed by atoms with Crippen molar-refractivity contribution in [2.45, 2.75) is 25.3 Å². The molecule has 27 heavy (non-hydrogen) atoms. The molecule has 1 aromatic heterocycles. The zero-order valence-electron chi connectivity index (χ0n) is 15.4. The van der Waals surface area contributed by atoms with E-state index in [-0.39, 0.29) is 11.9 Å². The van der Waals surface area contributed by atoms with Crippen LogP contribution in [0.25, 0.3) is 11.1 Å². The van der Waals surface area contributed by atoms with E-state index in [0.29, 0.717) is 12.6 Å². The maximum Gasteiger partial charge on any atom is 0.299 e. The molecule has 1 fully saturated rings. The first-order valence-electron chi connectivity index (χ1n) is 9.28. The number of hydrogen-bond acceptors (Lipinski definition) is 5. The number of ether oxygens (including phenoxy) is 1. The Balaban J connectivity index is 1.40. The third-order valence-electron chi connectivity index (χ3n) is 4.97. The standard InChI is InChI=1S/C21H23N3O3/c1-26-18-10-4-2-7-15(18)12-13-22-20(25)17-9-6-14-24(17)21-23-16-8-3-5-11-19(16)27-21/h2-5,7-8,10-11,17H,6,9,12-14H2,1H3,(H,22,25). The van der Waals surface area contributed by atoms with E-state index in [1.54, 1.807) is 7.11 Å². The second kappa shape index (κ2) is 7.70. The zero-order chi connectivity index (χ0) is 18.6. The number of aromatic nitrogens is 1. The summed E-state index contributed by atoms with van der Waals surface area (Å²) in [6.07, 6.45) is 2.48. The molecule has 1 aliphatic heterocycles. The van der Waals surface area contributed by atoms with E-state index in [1.807, 2.05) is 53.4 Å². The number of fused-ring (bicyclic) bond motifs is 1. The van der Waals surface area contributed by atoms with Crippen LogP contribution < -0.4 is 15.0 Å². The normalized spacial score (nSPS) is 16.6. The number of oxazole rings is 1. The lowest BCUT2D eigenvalue weighted by Gasteiger charge is -2.22. The van der Waals surface area contributed by atoms with Crippen molar-refractivity contribution in [1.29, 1.82) is 0 Å². The first-order chi connectivity index (χ1) is 13.3. The lowest BCUT2D eigenvalue weighted by Crippen LogP contribution is -2.44. The summed E-state index contributed by atoms with van der Waals surface area (Å²) in [6.45, 7) is 1.34. The molecule has 0 radical (unpaired) electrons. The van der Waals surface area contributed by atoms with E-state index < -0.39 is 0 Å². The van der Waals surface area contributed by atoms with Gasteiger partial charge in [0.05, 0.1) is 7.11 Å². The Morgan fingerprint density at radius 2 is 2.07 bits per heavy atom. The van der Waals surface area contributed by atoms with Crippen LogP contribution >= 0.6 is 0 Å². The molecule has 1 atom stereocenters. The maximum atomic E-state index is 12.7. The van der Waals surface area contributed by atoms with Crippen LogP contribution in [-0.2, 0) is 11.2 Å². The van der Waals surface area contributed by atoms with Gasteiger partial charge in [-0.1, -0.05) is 30.3 Å². The Morgan fingerprint density at radius 1 is 1.26 bits per heavy atom. The largest absolute Gasteiger partial charge is 0.496 e. The molecule has 0 bridgehead atoms. The van der Waals surface area contributed by atoms with Gasteiger partial charge >= 0.3 is 0 Å². The van der Waals surface area contributed by atoms with Crippen molar-refractivity contribution in [3.63, 3.8) is 0 Å². The summed E-state index contributed by atoms with van der Waals surface area (Å²) in [6, 6.07) is 15.8. The molecule has 2 aromatic carbocycles. The molecule has 0 spiro atoms. The van der Waals surface area contributed by atoms with Crippen molar-refractivity contribution in [3.8, 4) is 5.75 Å². The number of carbonyl (C=O) groups is 1. The lowest BCUT2D eigenvalue weighted by molar-refractivity contribution is -0.122. The van der Waals surface area contributed by atoms with Crippen LogP contribution in [0.1, 0.15) is 18.4 Å². The molecule has 1 N–H and O–H groups in total. The molecule has 1 amide bonds. The quantitative estimate of drug-likeness (QED) is 0.727. The molecule has 1 unspecified atom stereocenters. The number of para-hydroxylation sites is 3. The van der Waals surface area contributed by atoms with Crippen molar-refractivity contribution in [2.75, 3.05) is 25.1 Å². The summed E-state index contributed by atoms with van der Waals surface area (Å²) in [7, 11) is 1.66. The second-order valence-electron chi connectivity index (χ2n) is 6.67. The van der Waals surface area contributed by atoms with Gasteiger partial charge in [0.2, 0.25) is 5.91 Å². The van der Waals surface area contributed by atoms with Gasteiger partial charge in [0.1, 0.15) is 17.3 Å². The molecule has 1 saturated heterocycles. The van der Waals surface area contributed by atoms with Crippen molar-refractivity contribution in [1.82, 2.24) is 10.3 Å². The van der Waals surface area contributed by atoms with Crippen LogP contribution in [0.5, 0.6) is 5.75 Å². The number of benzene rings is 2. The Morgan fingerprint density at radius 3 is 2.93 bits per heavy atom. The number of methoxy groups -OCH3 is 1. The Labute approximate surface area is 158 Å². The number of amides is 1. The predicted octanol–water partition coefficient (Wildman–Crippen LogP) is 3.16. The average Bonchev–Trinajstić information content (AvgIpc) is 3.34. The number of nitrogens with one attached hydrogen (secondary N) is 1. The average molecular weight is 365 g/mol. The Hall–Kier alpha value is -3.02. The molecule has 4 rings (SSSR count). The monoisotopic (exact) mass is 365 g/mol. The highest BCUT2D eigenvalue weighted by molar-refractivity contribution is 5.85. The van der Waals surface area contributed by atoms with Gasteiger partial charge in [0.15, 0.2) is 5.58 Å². The molecule has 3 aromatic rings. The number of anilines is 1. The van der Waals surface area contributed by atoms with Gasteiger partial charge in [-0.3, -0.25) is 4.79 Å². The summed E-state index contributed by atoms with van der Waals surface area (Å²) in [5.41, 5.74) is 2.65. The number of hydrogen-bond donors (Lipinski definition) is 1. The van der Waals surface area contributed by atoms with Crippen LogP contribution in [0.2, 0.25) is 0 Å². The molecular weight excluding hydrogens is 342 g/mol. The maximum absolute atomic E-state index is 12.7. The van der Waals surface area contributed by atoms with Gasteiger partial charge in [-0.15, -0.1) is 0 Å².